The smallest absolute Gasteiger partial charge is 0.00796 e. The molecule has 0 saturated heterocycles. The monoisotopic (exact) mass is 209 g/mol. The van der Waals surface area contributed by atoms with Gasteiger partial charge in [0.1, 0.15) is 0 Å². The molecule has 1 atom stereocenters. The van der Waals surface area contributed by atoms with Gasteiger partial charge in [-0.2, -0.15) is 11.8 Å². The lowest BCUT2D eigenvalue weighted by Crippen LogP contribution is -2.22. The molecule has 1 aromatic rings. The molecule has 2 N–H and O–H groups in total. The SMILES string of the molecule is CSCCCC(N)Cc1ccccc1. The first-order chi connectivity index (χ1) is 6.83. The Morgan fingerprint density at radius 1 is 1.29 bits per heavy atom. The highest BCUT2D eigenvalue weighted by atomic mass is 32.2. The van der Waals surface area contributed by atoms with E-state index in [2.05, 4.69) is 30.5 Å². The molecule has 1 aromatic carbocycles. The zero-order valence-electron chi connectivity index (χ0n) is 8.78. The molecule has 0 heterocycles. The summed E-state index contributed by atoms with van der Waals surface area (Å²) in [4.78, 5) is 0. The van der Waals surface area contributed by atoms with E-state index in [1.54, 1.807) is 0 Å². The third kappa shape index (κ3) is 4.68. The average molecular weight is 209 g/mol. The summed E-state index contributed by atoms with van der Waals surface area (Å²) in [7, 11) is 0. The highest BCUT2D eigenvalue weighted by molar-refractivity contribution is 7.98. The summed E-state index contributed by atoms with van der Waals surface area (Å²) in [5.74, 6) is 1.22. The summed E-state index contributed by atoms with van der Waals surface area (Å²) < 4.78 is 0. The minimum absolute atomic E-state index is 0.324. The zero-order valence-corrected chi connectivity index (χ0v) is 9.59. The van der Waals surface area contributed by atoms with Crippen molar-refractivity contribution in [1.82, 2.24) is 0 Å². The first-order valence-electron chi connectivity index (χ1n) is 5.11. The molecule has 0 bridgehead atoms. The molecule has 1 rings (SSSR count). The van der Waals surface area contributed by atoms with Crippen molar-refractivity contribution in [2.24, 2.45) is 5.73 Å². The number of benzene rings is 1. The summed E-state index contributed by atoms with van der Waals surface area (Å²) in [6.45, 7) is 0. The molecule has 0 radical (unpaired) electrons. The maximum Gasteiger partial charge on any atom is 0.00796 e. The second-order valence-corrected chi connectivity index (χ2v) is 4.57. The molecule has 1 unspecified atom stereocenters. The van der Waals surface area contributed by atoms with Crippen LogP contribution in [-0.2, 0) is 6.42 Å². The Hall–Kier alpha value is -0.470. The van der Waals surface area contributed by atoms with Crippen molar-refractivity contribution in [2.75, 3.05) is 12.0 Å². The van der Waals surface area contributed by atoms with E-state index < -0.39 is 0 Å². The zero-order chi connectivity index (χ0) is 10.2. The van der Waals surface area contributed by atoms with E-state index in [1.165, 1.54) is 17.7 Å². The maximum atomic E-state index is 6.04. The van der Waals surface area contributed by atoms with Gasteiger partial charge in [-0.05, 0) is 36.8 Å². The third-order valence-electron chi connectivity index (χ3n) is 2.26. The number of rotatable bonds is 6. The van der Waals surface area contributed by atoms with Crippen molar-refractivity contribution in [3.05, 3.63) is 35.9 Å². The highest BCUT2D eigenvalue weighted by Gasteiger charge is 2.02. The second-order valence-electron chi connectivity index (χ2n) is 3.58. The largest absolute Gasteiger partial charge is 0.327 e. The lowest BCUT2D eigenvalue weighted by molar-refractivity contribution is 0.603. The molecule has 0 fully saturated rings. The first kappa shape index (κ1) is 11.6. The summed E-state index contributed by atoms with van der Waals surface area (Å²) in [6, 6.07) is 10.8. The van der Waals surface area contributed by atoms with E-state index >= 15 is 0 Å². The van der Waals surface area contributed by atoms with Crippen molar-refractivity contribution >= 4 is 11.8 Å². The molecule has 0 aromatic heterocycles. The maximum absolute atomic E-state index is 6.04. The number of hydrogen-bond acceptors (Lipinski definition) is 2. The van der Waals surface area contributed by atoms with Crippen LogP contribution in [0.4, 0.5) is 0 Å². The van der Waals surface area contributed by atoms with Gasteiger partial charge in [0.2, 0.25) is 0 Å². The Morgan fingerprint density at radius 2 is 2.00 bits per heavy atom. The third-order valence-corrected chi connectivity index (χ3v) is 2.96. The first-order valence-corrected chi connectivity index (χ1v) is 6.50. The predicted octanol–water partition coefficient (Wildman–Crippen LogP) is 2.70. The molecule has 0 saturated carbocycles. The van der Waals surface area contributed by atoms with Gasteiger partial charge in [-0.15, -0.1) is 0 Å². The molecule has 0 spiro atoms. The van der Waals surface area contributed by atoms with Crippen LogP contribution >= 0.6 is 11.8 Å². The number of hydrogen-bond donors (Lipinski definition) is 1. The van der Waals surface area contributed by atoms with E-state index in [0.717, 1.165) is 12.8 Å². The molecular weight excluding hydrogens is 190 g/mol. The number of nitrogens with two attached hydrogens (primary N) is 1. The van der Waals surface area contributed by atoms with Gasteiger partial charge in [0, 0.05) is 6.04 Å². The highest BCUT2D eigenvalue weighted by Crippen LogP contribution is 2.07. The van der Waals surface area contributed by atoms with Gasteiger partial charge in [0.25, 0.3) is 0 Å². The van der Waals surface area contributed by atoms with Crippen molar-refractivity contribution in [3.63, 3.8) is 0 Å². The van der Waals surface area contributed by atoms with Crippen LogP contribution in [0.5, 0.6) is 0 Å². The van der Waals surface area contributed by atoms with E-state index in [-0.39, 0.29) is 0 Å². The Kier molecular flexibility index (Phi) is 5.72. The second kappa shape index (κ2) is 6.91. The molecule has 14 heavy (non-hydrogen) atoms. The summed E-state index contributed by atoms with van der Waals surface area (Å²) in [5, 5.41) is 0. The van der Waals surface area contributed by atoms with Crippen LogP contribution in [0.3, 0.4) is 0 Å². The van der Waals surface area contributed by atoms with Gasteiger partial charge in [-0.1, -0.05) is 30.3 Å². The van der Waals surface area contributed by atoms with Gasteiger partial charge >= 0.3 is 0 Å². The molecule has 2 heteroatoms. The van der Waals surface area contributed by atoms with Crippen LogP contribution in [0.15, 0.2) is 30.3 Å². The average Bonchev–Trinajstić information content (AvgIpc) is 2.20. The van der Waals surface area contributed by atoms with Crippen LogP contribution in [-0.4, -0.2) is 18.1 Å². The molecule has 78 valence electrons. The van der Waals surface area contributed by atoms with Gasteiger partial charge < -0.3 is 5.73 Å². The van der Waals surface area contributed by atoms with Crippen molar-refractivity contribution in [3.8, 4) is 0 Å². The van der Waals surface area contributed by atoms with E-state index in [1.807, 2.05) is 17.8 Å². The Morgan fingerprint density at radius 3 is 2.64 bits per heavy atom. The van der Waals surface area contributed by atoms with Gasteiger partial charge in [0.15, 0.2) is 0 Å². The van der Waals surface area contributed by atoms with Gasteiger partial charge in [0.05, 0.1) is 0 Å². The molecule has 0 aliphatic rings. The fourth-order valence-electron chi connectivity index (χ4n) is 1.51. The lowest BCUT2D eigenvalue weighted by atomic mass is 10.0. The van der Waals surface area contributed by atoms with Crippen molar-refractivity contribution < 1.29 is 0 Å². The predicted molar refractivity (Wildman–Crippen MR) is 65.7 cm³/mol. The molecule has 0 amide bonds. The fraction of sp³-hybridized carbons (Fsp3) is 0.500. The fourth-order valence-corrected chi connectivity index (χ4v) is 1.96. The molecular formula is C12H19NS. The quantitative estimate of drug-likeness (QED) is 0.729. The molecule has 0 aliphatic heterocycles. The minimum Gasteiger partial charge on any atom is -0.327 e. The standard InChI is InChI=1S/C12H19NS/c1-14-9-5-8-12(13)10-11-6-3-2-4-7-11/h2-4,6-7,12H,5,8-10,13H2,1H3. The van der Waals surface area contributed by atoms with Gasteiger partial charge in [-0.25, -0.2) is 0 Å². The molecule has 0 aliphatic carbocycles. The van der Waals surface area contributed by atoms with Crippen LogP contribution in [0, 0.1) is 0 Å². The summed E-state index contributed by atoms with van der Waals surface area (Å²) in [5.41, 5.74) is 7.39. The van der Waals surface area contributed by atoms with Crippen LogP contribution < -0.4 is 5.73 Å². The minimum atomic E-state index is 0.324. The van der Waals surface area contributed by atoms with Crippen LogP contribution in [0.2, 0.25) is 0 Å². The normalized spacial score (nSPS) is 12.7. The Bertz CT molecular complexity index is 235. The Labute approximate surface area is 91.1 Å². The van der Waals surface area contributed by atoms with E-state index in [0.29, 0.717) is 6.04 Å². The van der Waals surface area contributed by atoms with Crippen molar-refractivity contribution in [1.29, 1.82) is 0 Å². The van der Waals surface area contributed by atoms with E-state index in [9.17, 15) is 0 Å². The number of thioether (sulfide) groups is 1. The summed E-state index contributed by atoms with van der Waals surface area (Å²) >= 11 is 1.89. The molecule has 1 nitrogen and oxygen atoms in total. The lowest BCUT2D eigenvalue weighted by Gasteiger charge is -2.10. The summed E-state index contributed by atoms with van der Waals surface area (Å²) in [6.07, 6.45) is 5.52. The van der Waals surface area contributed by atoms with Gasteiger partial charge in [-0.3, -0.25) is 0 Å². The van der Waals surface area contributed by atoms with Crippen LogP contribution in [0.25, 0.3) is 0 Å². The Balaban J connectivity index is 2.23. The van der Waals surface area contributed by atoms with Crippen molar-refractivity contribution in [2.45, 2.75) is 25.3 Å². The topological polar surface area (TPSA) is 26.0 Å². The van der Waals surface area contributed by atoms with Crippen LogP contribution in [0.1, 0.15) is 18.4 Å². The van der Waals surface area contributed by atoms with E-state index in [4.69, 9.17) is 5.73 Å².